The molecule has 0 saturated heterocycles. The minimum Gasteiger partial charge on any atom is -0.423 e. The third-order valence-corrected chi connectivity index (χ3v) is 3.20. The molecule has 1 heterocycles. The molecule has 4 nitrogen and oxygen atoms in total. The van der Waals surface area contributed by atoms with Crippen molar-refractivity contribution in [3.63, 3.8) is 0 Å². The Hall–Kier alpha value is -1.71. The number of nitrogens with one attached hydrogen (secondary N) is 1. The van der Waals surface area contributed by atoms with Crippen molar-refractivity contribution >= 4 is 22.8 Å². The van der Waals surface area contributed by atoms with Crippen molar-refractivity contribution in [1.29, 1.82) is 0 Å². The Bertz CT molecular complexity index is 530. The first-order valence-corrected chi connectivity index (χ1v) is 6.14. The highest BCUT2D eigenvalue weighted by Gasteiger charge is 2.24. The number of nitrogens with two attached hydrogens (primary N) is 1. The second kappa shape index (κ2) is 3.95. The number of rotatable bonds is 4. The fourth-order valence-corrected chi connectivity index (χ4v) is 2.15. The van der Waals surface area contributed by atoms with E-state index in [1.807, 2.05) is 18.2 Å². The standard InChI is InChI=1S/C13H17N3O/c1-8(7-9-5-6-9)15-13-16-12-10(14)3-2-4-11(12)17-13/h2-4,8-9H,5-7,14H2,1H3,(H,15,16). The summed E-state index contributed by atoms with van der Waals surface area (Å²) in [5.41, 5.74) is 7.99. The molecule has 0 radical (unpaired) electrons. The SMILES string of the molecule is CC(CC1CC1)Nc1nc2c(N)cccc2o1. The van der Waals surface area contributed by atoms with Crippen LogP contribution in [0.5, 0.6) is 0 Å². The van der Waals surface area contributed by atoms with E-state index in [1.54, 1.807) is 0 Å². The molecule has 0 amide bonds. The van der Waals surface area contributed by atoms with E-state index in [0.29, 0.717) is 17.7 Å². The van der Waals surface area contributed by atoms with E-state index in [-0.39, 0.29) is 0 Å². The van der Waals surface area contributed by atoms with Crippen LogP contribution in [-0.2, 0) is 0 Å². The lowest BCUT2D eigenvalue weighted by Crippen LogP contribution is -2.15. The molecule has 1 saturated carbocycles. The van der Waals surface area contributed by atoms with E-state index in [9.17, 15) is 0 Å². The van der Waals surface area contributed by atoms with Gasteiger partial charge in [-0.3, -0.25) is 0 Å². The quantitative estimate of drug-likeness (QED) is 0.794. The summed E-state index contributed by atoms with van der Waals surface area (Å²) in [6.07, 6.45) is 3.92. The average molecular weight is 231 g/mol. The smallest absolute Gasteiger partial charge is 0.295 e. The topological polar surface area (TPSA) is 64.1 Å². The molecule has 1 unspecified atom stereocenters. The summed E-state index contributed by atoms with van der Waals surface area (Å²) >= 11 is 0. The fraction of sp³-hybridized carbons (Fsp3) is 0.462. The molecule has 0 spiro atoms. The predicted octanol–water partition coefficient (Wildman–Crippen LogP) is 3.01. The number of aromatic nitrogens is 1. The number of oxazole rings is 1. The van der Waals surface area contributed by atoms with Gasteiger partial charge in [0.2, 0.25) is 0 Å². The fourth-order valence-electron chi connectivity index (χ4n) is 2.15. The summed E-state index contributed by atoms with van der Waals surface area (Å²) in [7, 11) is 0. The van der Waals surface area contributed by atoms with Crippen molar-refractivity contribution in [2.24, 2.45) is 5.92 Å². The maximum Gasteiger partial charge on any atom is 0.295 e. The van der Waals surface area contributed by atoms with Crippen molar-refractivity contribution < 1.29 is 4.42 Å². The molecule has 1 atom stereocenters. The molecular weight excluding hydrogens is 214 g/mol. The van der Waals surface area contributed by atoms with Gasteiger partial charge in [0.05, 0.1) is 5.69 Å². The van der Waals surface area contributed by atoms with Gasteiger partial charge in [-0.05, 0) is 31.4 Å². The van der Waals surface area contributed by atoms with E-state index in [2.05, 4.69) is 17.2 Å². The van der Waals surface area contributed by atoms with Crippen molar-refractivity contribution in [3.05, 3.63) is 18.2 Å². The summed E-state index contributed by atoms with van der Waals surface area (Å²) < 4.78 is 5.62. The summed E-state index contributed by atoms with van der Waals surface area (Å²) in [5, 5.41) is 3.30. The maximum absolute atomic E-state index is 5.84. The van der Waals surface area contributed by atoms with Crippen LogP contribution >= 0.6 is 0 Å². The Morgan fingerprint density at radius 1 is 1.53 bits per heavy atom. The highest BCUT2D eigenvalue weighted by molar-refractivity contribution is 5.86. The van der Waals surface area contributed by atoms with Gasteiger partial charge in [0.15, 0.2) is 5.58 Å². The summed E-state index contributed by atoms with van der Waals surface area (Å²) in [5.74, 6) is 0.895. The van der Waals surface area contributed by atoms with Crippen LogP contribution in [0.4, 0.5) is 11.7 Å². The molecule has 3 N–H and O–H groups in total. The number of benzene rings is 1. The molecule has 4 heteroatoms. The Morgan fingerprint density at radius 2 is 2.35 bits per heavy atom. The predicted molar refractivity (Wildman–Crippen MR) is 68.8 cm³/mol. The molecule has 1 aliphatic carbocycles. The molecule has 0 aliphatic heterocycles. The van der Waals surface area contributed by atoms with Gasteiger partial charge in [-0.2, -0.15) is 4.98 Å². The van der Waals surface area contributed by atoms with E-state index in [0.717, 1.165) is 17.0 Å². The van der Waals surface area contributed by atoms with Crippen LogP contribution in [-0.4, -0.2) is 11.0 Å². The lowest BCUT2D eigenvalue weighted by Gasteiger charge is -2.10. The molecule has 17 heavy (non-hydrogen) atoms. The number of nitrogen functional groups attached to an aromatic ring is 1. The zero-order valence-corrected chi connectivity index (χ0v) is 9.94. The van der Waals surface area contributed by atoms with E-state index >= 15 is 0 Å². The van der Waals surface area contributed by atoms with E-state index in [1.165, 1.54) is 19.3 Å². The van der Waals surface area contributed by atoms with Gasteiger partial charge >= 0.3 is 0 Å². The highest BCUT2D eigenvalue weighted by Crippen LogP contribution is 2.34. The summed E-state index contributed by atoms with van der Waals surface area (Å²) in [6, 6.07) is 6.57. The van der Waals surface area contributed by atoms with Gasteiger partial charge in [-0.1, -0.05) is 18.9 Å². The molecule has 1 aliphatic rings. The Balaban J connectivity index is 1.78. The molecule has 0 bridgehead atoms. The van der Waals surface area contributed by atoms with Gasteiger partial charge in [0.1, 0.15) is 5.52 Å². The van der Waals surface area contributed by atoms with Crippen LogP contribution in [0.15, 0.2) is 22.6 Å². The summed E-state index contributed by atoms with van der Waals surface area (Å²) in [4.78, 5) is 4.38. The molecule has 1 aromatic heterocycles. The first-order chi connectivity index (χ1) is 8.22. The number of anilines is 2. The molecule has 2 aromatic rings. The number of fused-ring (bicyclic) bond motifs is 1. The molecule has 3 rings (SSSR count). The Kier molecular flexibility index (Phi) is 2.42. The number of nitrogens with zero attached hydrogens (tertiary/aromatic N) is 1. The molecule has 90 valence electrons. The minimum atomic E-state index is 0.400. The monoisotopic (exact) mass is 231 g/mol. The first kappa shape index (κ1) is 10.4. The minimum absolute atomic E-state index is 0.400. The maximum atomic E-state index is 5.84. The third-order valence-electron chi connectivity index (χ3n) is 3.20. The molecular formula is C13H17N3O. The van der Waals surface area contributed by atoms with E-state index in [4.69, 9.17) is 10.2 Å². The summed E-state index contributed by atoms with van der Waals surface area (Å²) in [6.45, 7) is 2.16. The Labute approximate surface area is 100 Å². The largest absolute Gasteiger partial charge is 0.423 e. The van der Waals surface area contributed by atoms with Crippen LogP contribution in [0.3, 0.4) is 0 Å². The number of para-hydroxylation sites is 1. The first-order valence-electron chi connectivity index (χ1n) is 6.14. The Morgan fingerprint density at radius 3 is 3.06 bits per heavy atom. The van der Waals surface area contributed by atoms with Crippen molar-refractivity contribution in [2.75, 3.05) is 11.1 Å². The van der Waals surface area contributed by atoms with Gasteiger partial charge < -0.3 is 15.5 Å². The molecule has 1 aromatic carbocycles. The average Bonchev–Trinajstić information content (AvgIpc) is 2.97. The van der Waals surface area contributed by atoms with Crippen LogP contribution in [0.1, 0.15) is 26.2 Å². The highest BCUT2D eigenvalue weighted by atomic mass is 16.4. The van der Waals surface area contributed by atoms with Crippen molar-refractivity contribution in [3.8, 4) is 0 Å². The molecule has 1 fully saturated rings. The van der Waals surface area contributed by atoms with Crippen LogP contribution < -0.4 is 11.1 Å². The van der Waals surface area contributed by atoms with Crippen LogP contribution in [0.2, 0.25) is 0 Å². The van der Waals surface area contributed by atoms with Gasteiger partial charge in [-0.15, -0.1) is 0 Å². The third kappa shape index (κ3) is 2.20. The van der Waals surface area contributed by atoms with E-state index < -0.39 is 0 Å². The number of hydrogen-bond donors (Lipinski definition) is 2. The second-order valence-electron chi connectivity index (χ2n) is 4.94. The second-order valence-corrected chi connectivity index (χ2v) is 4.94. The normalized spacial score (nSPS) is 17.2. The lowest BCUT2D eigenvalue weighted by molar-refractivity contribution is 0.575. The van der Waals surface area contributed by atoms with Crippen LogP contribution in [0.25, 0.3) is 11.1 Å². The van der Waals surface area contributed by atoms with Gasteiger partial charge in [0.25, 0.3) is 6.01 Å². The van der Waals surface area contributed by atoms with Gasteiger partial charge in [-0.25, -0.2) is 0 Å². The van der Waals surface area contributed by atoms with Crippen molar-refractivity contribution in [1.82, 2.24) is 4.98 Å². The number of hydrogen-bond acceptors (Lipinski definition) is 4. The van der Waals surface area contributed by atoms with Gasteiger partial charge in [0, 0.05) is 6.04 Å². The lowest BCUT2D eigenvalue weighted by atomic mass is 10.2. The van der Waals surface area contributed by atoms with Crippen LogP contribution in [0, 0.1) is 5.92 Å². The zero-order valence-electron chi connectivity index (χ0n) is 9.94. The zero-order chi connectivity index (χ0) is 11.8. The van der Waals surface area contributed by atoms with Crippen molar-refractivity contribution in [2.45, 2.75) is 32.2 Å².